The van der Waals surface area contributed by atoms with Crippen LogP contribution in [-0.2, 0) is 4.79 Å². The standard InChI is InChI=1S/C5H7NO.HI/c1-4-2-3-5(7)6-4;/h2-3H2,1H3;1H. The van der Waals surface area contributed by atoms with Gasteiger partial charge in [0.15, 0.2) is 0 Å². The fourth-order valence-electron chi connectivity index (χ4n) is 0.613. The van der Waals surface area contributed by atoms with Gasteiger partial charge < -0.3 is 0 Å². The van der Waals surface area contributed by atoms with Crippen molar-refractivity contribution in [3.63, 3.8) is 0 Å². The number of hydrogen-bond acceptors (Lipinski definition) is 1. The molecule has 1 aliphatic heterocycles. The molecule has 0 spiro atoms. The molecule has 0 radical (unpaired) electrons. The third-order valence-electron chi connectivity index (χ3n) is 1.02. The number of carbonyl (C=O) groups excluding carboxylic acids is 1. The Morgan fingerprint density at radius 1 is 1.50 bits per heavy atom. The molecular weight excluding hydrogens is 217 g/mol. The van der Waals surface area contributed by atoms with Gasteiger partial charge in [0.2, 0.25) is 5.91 Å². The molecule has 0 aromatic carbocycles. The number of amides is 1. The normalized spacial score (nSPS) is 17.6. The van der Waals surface area contributed by atoms with E-state index in [9.17, 15) is 4.79 Å². The lowest BCUT2D eigenvalue weighted by atomic mass is 10.3. The molecule has 0 N–H and O–H groups in total. The Hall–Kier alpha value is 0.0700. The average Bonchev–Trinajstić information content (AvgIpc) is 1.87. The zero-order valence-corrected chi connectivity index (χ0v) is 7.01. The highest BCUT2D eigenvalue weighted by molar-refractivity contribution is 14.0. The number of aliphatic imine (C=N–C) groups is 1. The molecular formula is C5H8INO. The van der Waals surface area contributed by atoms with Crippen molar-refractivity contribution in [2.24, 2.45) is 4.99 Å². The fourth-order valence-corrected chi connectivity index (χ4v) is 0.613. The highest BCUT2D eigenvalue weighted by Gasteiger charge is 2.07. The minimum absolute atomic E-state index is 0. The number of hydrogen-bond donors (Lipinski definition) is 0. The van der Waals surface area contributed by atoms with E-state index in [1.807, 2.05) is 6.92 Å². The molecule has 0 unspecified atom stereocenters. The van der Waals surface area contributed by atoms with Crippen LogP contribution in [0.1, 0.15) is 19.8 Å². The zero-order valence-electron chi connectivity index (χ0n) is 4.68. The second-order valence-electron chi connectivity index (χ2n) is 1.74. The minimum atomic E-state index is 0. The maximum atomic E-state index is 10.3. The van der Waals surface area contributed by atoms with E-state index in [-0.39, 0.29) is 29.9 Å². The van der Waals surface area contributed by atoms with E-state index in [0.29, 0.717) is 6.42 Å². The molecule has 0 saturated heterocycles. The van der Waals surface area contributed by atoms with Crippen molar-refractivity contribution in [2.75, 3.05) is 0 Å². The van der Waals surface area contributed by atoms with E-state index in [1.54, 1.807) is 0 Å². The topological polar surface area (TPSA) is 29.4 Å². The van der Waals surface area contributed by atoms with Crippen molar-refractivity contribution in [1.82, 2.24) is 0 Å². The van der Waals surface area contributed by atoms with E-state index < -0.39 is 0 Å². The third kappa shape index (κ3) is 1.90. The molecule has 46 valence electrons. The van der Waals surface area contributed by atoms with Gasteiger partial charge in [-0.2, -0.15) is 0 Å². The average molecular weight is 225 g/mol. The Morgan fingerprint density at radius 2 is 2.12 bits per heavy atom. The van der Waals surface area contributed by atoms with E-state index in [0.717, 1.165) is 12.1 Å². The number of nitrogens with zero attached hydrogens (tertiary/aromatic N) is 1. The molecule has 0 bridgehead atoms. The maximum absolute atomic E-state index is 10.3. The molecule has 0 fully saturated rings. The Bertz CT molecular complexity index is 130. The van der Waals surface area contributed by atoms with Gasteiger partial charge in [-0.15, -0.1) is 24.0 Å². The first-order chi connectivity index (χ1) is 3.29. The molecule has 0 aromatic rings. The summed E-state index contributed by atoms with van der Waals surface area (Å²) >= 11 is 0. The van der Waals surface area contributed by atoms with Gasteiger partial charge >= 0.3 is 0 Å². The molecule has 0 aromatic heterocycles. The van der Waals surface area contributed by atoms with Gasteiger partial charge in [0.25, 0.3) is 0 Å². The first-order valence-electron chi connectivity index (χ1n) is 2.36. The Labute approximate surface area is 65.4 Å². The number of halogens is 1. The Kier molecular flexibility index (Phi) is 3.19. The molecule has 1 heterocycles. The van der Waals surface area contributed by atoms with Crippen LogP contribution in [0.3, 0.4) is 0 Å². The summed E-state index contributed by atoms with van der Waals surface area (Å²) in [6.45, 7) is 1.88. The highest BCUT2D eigenvalue weighted by Crippen LogP contribution is 2.03. The highest BCUT2D eigenvalue weighted by atomic mass is 127. The second kappa shape index (κ2) is 3.17. The summed E-state index contributed by atoms with van der Waals surface area (Å²) in [5.74, 6) is 0.0394. The first kappa shape index (κ1) is 8.07. The van der Waals surface area contributed by atoms with Gasteiger partial charge in [-0.25, -0.2) is 4.99 Å². The van der Waals surface area contributed by atoms with Gasteiger partial charge in [0, 0.05) is 12.1 Å². The SMILES string of the molecule is CC1=NC(=O)CC1.I. The molecule has 1 amide bonds. The lowest BCUT2D eigenvalue weighted by Crippen LogP contribution is -1.79. The number of carbonyl (C=O) groups is 1. The van der Waals surface area contributed by atoms with Crippen LogP contribution in [0.25, 0.3) is 0 Å². The minimum Gasteiger partial charge on any atom is -0.273 e. The Balaban J connectivity index is 0.000000490. The maximum Gasteiger partial charge on any atom is 0.245 e. The van der Waals surface area contributed by atoms with Gasteiger partial charge in [-0.05, 0) is 13.3 Å². The molecule has 1 aliphatic rings. The summed E-state index contributed by atoms with van der Waals surface area (Å²) < 4.78 is 0. The fraction of sp³-hybridized carbons (Fsp3) is 0.600. The molecule has 3 heteroatoms. The molecule has 1 rings (SSSR count). The van der Waals surface area contributed by atoms with E-state index in [4.69, 9.17) is 0 Å². The summed E-state index contributed by atoms with van der Waals surface area (Å²) in [6.07, 6.45) is 1.50. The predicted octanol–water partition coefficient (Wildman–Crippen LogP) is 1.39. The van der Waals surface area contributed by atoms with Crippen molar-refractivity contribution in [2.45, 2.75) is 19.8 Å². The summed E-state index contributed by atoms with van der Waals surface area (Å²) in [5, 5.41) is 0. The van der Waals surface area contributed by atoms with E-state index in [1.165, 1.54) is 0 Å². The van der Waals surface area contributed by atoms with Crippen LogP contribution in [-0.4, -0.2) is 11.6 Å². The van der Waals surface area contributed by atoms with Crippen molar-refractivity contribution < 1.29 is 4.79 Å². The molecule has 2 nitrogen and oxygen atoms in total. The van der Waals surface area contributed by atoms with Crippen molar-refractivity contribution in [3.05, 3.63) is 0 Å². The molecule has 0 atom stereocenters. The van der Waals surface area contributed by atoms with Crippen LogP contribution >= 0.6 is 24.0 Å². The quantitative estimate of drug-likeness (QED) is 0.572. The van der Waals surface area contributed by atoms with Crippen LogP contribution < -0.4 is 0 Å². The van der Waals surface area contributed by atoms with Crippen LogP contribution in [0.2, 0.25) is 0 Å². The molecule has 0 saturated carbocycles. The molecule has 0 aliphatic carbocycles. The van der Waals surface area contributed by atoms with Crippen LogP contribution in [0.4, 0.5) is 0 Å². The van der Waals surface area contributed by atoms with Crippen molar-refractivity contribution in [1.29, 1.82) is 0 Å². The summed E-state index contributed by atoms with van der Waals surface area (Å²) in [4.78, 5) is 13.9. The monoisotopic (exact) mass is 225 g/mol. The first-order valence-corrected chi connectivity index (χ1v) is 2.36. The van der Waals surface area contributed by atoms with E-state index in [2.05, 4.69) is 4.99 Å². The largest absolute Gasteiger partial charge is 0.273 e. The Morgan fingerprint density at radius 3 is 2.25 bits per heavy atom. The predicted molar refractivity (Wildman–Crippen MR) is 42.8 cm³/mol. The summed E-state index contributed by atoms with van der Waals surface area (Å²) in [7, 11) is 0. The lowest BCUT2D eigenvalue weighted by Gasteiger charge is -1.74. The summed E-state index contributed by atoms with van der Waals surface area (Å²) in [5.41, 5.74) is 0.977. The van der Waals surface area contributed by atoms with Gasteiger partial charge in [0.05, 0.1) is 0 Å². The third-order valence-corrected chi connectivity index (χ3v) is 1.02. The van der Waals surface area contributed by atoms with Gasteiger partial charge in [0.1, 0.15) is 0 Å². The zero-order chi connectivity index (χ0) is 5.28. The summed E-state index contributed by atoms with van der Waals surface area (Å²) in [6, 6.07) is 0. The van der Waals surface area contributed by atoms with Gasteiger partial charge in [-0.1, -0.05) is 0 Å². The van der Waals surface area contributed by atoms with Crippen molar-refractivity contribution in [3.8, 4) is 0 Å². The van der Waals surface area contributed by atoms with Crippen LogP contribution in [0, 0.1) is 0 Å². The van der Waals surface area contributed by atoms with Crippen LogP contribution in [0.15, 0.2) is 4.99 Å². The van der Waals surface area contributed by atoms with Crippen molar-refractivity contribution >= 4 is 35.6 Å². The second-order valence-corrected chi connectivity index (χ2v) is 1.74. The smallest absolute Gasteiger partial charge is 0.245 e. The van der Waals surface area contributed by atoms with Crippen LogP contribution in [0.5, 0.6) is 0 Å². The van der Waals surface area contributed by atoms with Gasteiger partial charge in [-0.3, -0.25) is 4.79 Å². The van der Waals surface area contributed by atoms with E-state index >= 15 is 0 Å². The number of rotatable bonds is 0. The lowest BCUT2D eigenvalue weighted by molar-refractivity contribution is -0.117. The molecule has 8 heavy (non-hydrogen) atoms.